The molecule has 1 aromatic rings. The molecule has 0 spiro atoms. The van der Waals surface area contributed by atoms with Gasteiger partial charge in [-0.15, -0.1) is 0 Å². The molecule has 1 nitrogen and oxygen atoms in total. The zero-order valence-electron chi connectivity index (χ0n) is 7.99. The van der Waals surface area contributed by atoms with Crippen molar-refractivity contribution in [2.45, 2.75) is 12.8 Å². The summed E-state index contributed by atoms with van der Waals surface area (Å²) >= 11 is 5.68. The van der Waals surface area contributed by atoms with Crippen LogP contribution in [-0.4, -0.2) is 6.54 Å². The summed E-state index contributed by atoms with van der Waals surface area (Å²) in [5.74, 6) is 3.55. The molecule has 1 aromatic carbocycles. The Morgan fingerprint density at radius 2 is 1.93 bits per heavy atom. The second kappa shape index (κ2) is 5.69. The van der Waals surface area contributed by atoms with E-state index in [-0.39, 0.29) is 5.02 Å². The molecular weight excluding hydrogens is 220 g/mol. The lowest BCUT2D eigenvalue weighted by Crippen LogP contribution is -1.96. The van der Waals surface area contributed by atoms with E-state index >= 15 is 0 Å². The Kier molecular flexibility index (Phi) is 4.54. The average molecular weight is 230 g/mol. The zero-order valence-corrected chi connectivity index (χ0v) is 8.74. The quantitative estimate of drug-likeness (QED) is 0.471. The highest BCUT2D eigenvalue weighted by Gasteiger charge is 2.05. The second-order valence-electron chi connectivity index (χ2n) is 2.94. The molecule has 0 saturated heterocycles. The van der Waals surface area contributed by atoms with Gasteiger partial charge in [0.05, 0.1) is 5.02 Å². The molecular formula is C11H10ClF2N. The van der Waals surface area contributed by atoms with Gasteiger partial charge in [-0.05, 0) is 25.1 Å². The second-order valence-corrected chi connectivity index (χ2v) is 3.35. The zero-order chi connectivity index (χ0) is 11.3. The number of rotatable bonds is 2. The first-order chi connectivity index (χ1) is 7.15. The molecule has 15 heavy (non-hydrogen) atoms. The van der Waals surface area contributed by atoms with Crippen molar-refractivity contribution in [1.29, 1.82) is 0 Å². The number of nitrogens with two attached hydrogens (primary N) is 1. The lowest BCUT2D eigenvalue weighted by Gasteiger charge is -1.97. The largest absolute Gasteiger partial charge is 0.330 e. The van der Waals surface area contributed by atoms with Crippen LogP contribution in [0, 0.1) is 23.5 Å². The number of benzene rings is 1. The molecule has 0 saturated carbocycles. The molecule has 4 heteroatoms. The standard InChI is InChI=1S/C11H10ClF2N/c12-9-7-11(14)10(13)6-8(9)4-2-1-3-5-15/h6-7H,1,3,5,15H2. The van der Waals surface area contributed by atoms with E-state index in [2.05, 4.69) is 11.8 Å². The summed E-state index contributed by atoms with van der Waals surface area (Å²) < 4.78 is 25.5. The van der Waals surface area contributed by atoms with Crippen LogP contribution in [0.1, 0.15) is 18.4 Å². The third-order valence-electron chi connectivity index (χ3n) is 1.74. The van der Waals surface area contributed by atoms with Gasteiger partial charge in [0, 0.05) is 12.0 Å². The van der Waals surface area contributed by atoms with Gasteiger partial charge in [-0.25, -0.2) is 8.78 Å². The normalized spacial score (nSPS) is 9.60. The van der Waals surface area contributed by atoms with Gasteiger partial charge < -0.3 is 5.73 Å². The van der Waals surface area contributed by atoms with E-state index < -0.39 is 11.6 Å². The topological polar surface area (TPSA) is 26.0 Å². The van der Waals surface area contributed by atoms with Crippen molar-refractivity contribution < 1.29 is 8.78 Å². The molecule has 0 aliphatic carbocycles. The Morgan fingerprint density at radius 1 is 1.27 bits per heavy atom. The molecule has 0 radical (unpaired) electrons. The predicted octanol–water partition coefficient (Wildman–Crippen LogP) is 2.71. The van der Waals surface area contributed by atoms with E-state index in [0.29, 0.717) is 18.5 Å². The molecule has 0 amide bonds. The van der Waals surface area contributed by atoms with E-state index in [1.807, 2.05) is 0 Å². The van der Waals surface area contributed by atoms with Gasteiger partial charge in [-0.2, -0.15) is 0 Å². The molecule has 2 N–H and O–H groups in total. The maximum atomic E-state index is 12.8. The van der Waals surface area contributed by atoms with E-state index in [9.17, 15) is 8.78 Å². The van der Waals surface area contributed by atoms with Gasteiger partial charge in [0.25, 0.3) is 0 Å². The lowest BCUT2D eigenvalue weighted by molar-refractivity contribution is 0.508. The van der Waals surface area contributed by atoms with Crippen LogP contribution in [0.3, 0.4) is 0 Å². The van der Waals surface area contributed by atoms with Crippen LogP contribution in [0.2, 0.25) is 5.02 Å². The van der Waals surface area contributed by atoms with Gasteiger partial charge in [0.1, 0.15) is 0 Å². The van der Waals surface area contributed by atoms with Gasteiger partial charge in [0.15, 0.2) is 11.6 Å². The van der Waals surface area contributed by atoms with Gasteiger partial charge >= 0.3 is 0 Å². The first kappa shape index (κ1) is 12.0. The van der Waals surface area contributed by atoms with Crippen LogP contribution in [0.5, 0.6) is 0 Å². The van der Waals surface area contributed by atoms with Crippen molar-refractivity contribution in [3.63, 3.8) is 0 Å². The summed E-state index contributed by atoms with van der Waals surface area (Å²) in [6.07, 6.45) is 1.39. The molecule has 0 aromatic heterocycles. The van der Waals surface area contributed by atoms with Crippen molar-refractivity contribution in [1.82, 2.24) is 0 Å². The number of unbranched alkanes of at least 4 members (excludes halogenated alkanes) is 1. The molecule has 80 valence electrons. The van der Waals surface area contributed by atoms with Crippen molar-refractivity contribution in [3.8, 4) is 11.8 Å². The first-order valence-corrected chi connectivity index (χ1v) is 4.86. The summed E-state index contributed by atoms with van der Waals surface area (Å²) in [6, 6.07) is 1.91. The Morgan fingerprint density at radius 3 is 2.60 bits per heavy atom. The third kappa shape index (κ3) is 3.50. The fraction of sp³-hybridized carbons (Fsp3) is 0.273. The number of halogens is 3. The smallest absolute Gasteiger partial charge is 0.160 e. The molecule has 0 unspecified atom stereocenters. The average Bonchev–Trinajstić information content (AvgIpc) is 2.20. The van der Waals surface area contributed by atoms with Crippen LogP contribution < -0.4 is 5.73 Å². The molecule has 0 aliphatic heterocycles. The molecule has 0 heterocycles. The highest BCUT2D eigenvalue weighted by Crippen LogP contribution is 2.18. The van der Waals surface area contributed by atoms with Crippen LogP contribution in [0.4, 0.5) is 8.78 Å². The van der Waals surface area contributed by atoms with Crippen molar-refractivity contribution in [3.05, 3.63) is 34.4 Å². The van der Waals surface area contributed by atoms with E-state index in [1.165, 1.54) is 0 Å². The van der Waals surface area contributed by atoms with Crippen molar-refractivity contribution in [2.75, 3.05) is 6.54 Å². The summed E-state index contributed by atoms with van der Waals surface area (Å²) in [7, 11) is 0. The number of hydrogen-bond donors (Lipinski definition) is 1. The molecule has 0 aliphatic rings. The highest BCUT2D eigenvalue weighted by molar-refractivity contribution is 6.31. The minimum atomic E-state index is -0.965. The van der Waals surface area contributed by atoms with E-state index in [1.54, 1.807) is 0 Å². The van der Waals surface area contributed by atoms with Gasteiger partial charge in [-0.3, -0.25) is 0 Å². The fourth-order valence-corrected chi connectivity index (χ4v) is 1.16. The minimum absolute atomic E-state index is 0.120. The molecule has 0 atom stereocenters. The Bertz CT molecular complexity index is 407. The van der Waals surface area contributed by atoms with Gasteiger partial charge in [0.2, 0.25) is 0 Å². The van der Waals surface area contributed by atoms with E-state index in [4.69, 9.17) is 17.3 Å². The minimum Gasteiger partial charge on any atom is -0.330 e. The van der Waals surface area contributed by atoms with Crippen molar-refractivity contribution >= 4 is 11.6 Å². The van der Waals surface area contributed by atoms with E-state index in [0.717, 1.165) is 18.6 Å². The summed E-state index contributed by atoms with van der Waals surface area (Å²) in [4.78, 5) is 0. The third-order valence-corrected chi connectivity index (χ3v) is 2.05. The first-order valence-electron chi connectivity index (χ1n) is 4.48. The Balaban J connectivity index is 2.84. The highest BCUT2D eigenvalue weighted by atomic mass is 35.5. The van der Waals surface area contributed by atoms with Crippen LogP contribution in [0.15, 0.2) is 12.1 Å². The SMILES string of the molecule is NCCCC#Cc1cc(F)c(F)cc1Cl. The van der Waals surface area contributed by atoms with Crippen LogP contribution in [-0.2, 0) is 0 Å². The van der Waals surface area contributed by atoms with Crippen LogP contribution in [0.25, 0.3) is 0 Å². The van der Waals surface area contributed by atoms with Crippen LogP contribution >= 0.6 is 11.6 Å². The lowest BCUT2D eigenvalue weighted by atomic mass is 10.2. The Labute approximate surface area is 92.2 Å². The summed E-state index contributed by atoms with van der Waals surface area (Å²) in [6.45, 7) is 0.556. The van der Waals surface area contributed by atoms with Gasteiger partial charge in [-0.1, -0.05) is 23.4 Å². The molecule has 0 fully saturated rings. The molecule has 1 rings (SSSR count). The maximum Gasteiger partial charge on any atom is 0.160 e. The predicted molar refractivity (Wildman–Crippen MR) is 56.5 cm³/mol. The maximum absolute atomic E-state index is 12.8. The monoisotopic (exact) mass is 229 g/mol. The number of hydrogen-bond acceptors (Lipinski definition) is 1. The summed E-state index contributed by atoms with van der Waals surface area (Å²) in [5.41, 5.74) is 5.58. The summed E-state index contributed by atoms with van der Waals surface area (Å²) in [5, 5.41) is 0.120. The fourth-order valence-electron chi connectivity index (χ4n) is 0.967. The molecule has 0 bridgehead atoms. The van der Waals surface area contributed by atoms with Crippen molar-refractivity contribution in [2.24, 2.45) is 5.73 Å². The Hall–Kier alpha value is -1.11.